The Morgan fingerprint density at radius 1 is 1.24 bits per heavy atom. The first kappa shape index (κ1) is 13.6. The lowest BCUT2D eigenvalue weighted by atomic mass is 10.1. The average Bonchev–Trinajstić information content (AvgIpc) is 3.04. The molecule has 1 aromatic carbocycles. The number of benzene rings is 1. The molecule has 2 unspecified atom stereocenters. The maximum Gasteiger partial charge on any atom is 0.123 e. The van der Waals surface area contributed by atoms with Crippen molar-refractivity contribution >= 4 is 0 Å². The standard InChI is InChI=1S/C18H26N2O/c1-13-4-7-18-14(9-13)10-17(21-18)12-20(16-5-6-16)11-15-3-2-8-19-15/h4,7,9,15-17,19H,2-3,5-6,8,10-12H2,1H3. The molecule has 3 nitrogen and oxygen atoms in total. The van der Waals surface area contributed by atoms with Crippen molar-refractivity contribution in [1.82, 2.24) is 10.2 Å². The summed E-state index contributed by atoms with van der Waals surface area (Å²) >= 11 is 0. The van der Waals surface area contributed by atoms with Crippen LogP contribution in [0.5, 0.6) is 5.75 Å². The first-order chi connectivity index (χ1) is 10.3. The minimum absolute atomic E-state index is 0.351. The summed E-state index contributed by atoms with van der Waals surface area (Å²) in [5.74, 6) is 1.11. The Bertz CT molecular complexity index is 506. The van der Waals surface area contributed by atoms with Crippen LogP contribution in [0.3, 0.4) is 0 Å². The summed E-state index contributed by atoms with van der Waals surface area (Å²) in [6, 6.07) is 8.11. The highest BCUT2D eigenvalue weighted by atomic mass is 16.5. The van der Waals surface area contributed by atoms with Gasteiger partial charge < -0.3 is 10.1 Å². The quantitative estimate of drug-likeness (QED) is 0.900. The van der Waals surface area contributed by atoms with Crippen molar-refractivity contribution in [2.45, 2.75) is 57.2 Å². The number of nitrogens with one attached hydrogen (secondary N) is 1. The van der Waals surface area contributed by atoms with E-state index in [-0.39, 0.29) is 0 Å². The molecule has 1 aliphatic carbocycles. The fourth-order valence-corrected chi connectivity index (χ4v) is 3.82. The molecule has 3 aliphatic rings. The van der Waals surface area contributed by atoms with Crippen LogP contribution in [0.4, 0.5) is 0 Å². The number of aryl methyl sites for hydroxylation is 1. The van der Waals surface area contributed by atoms with Crippen LogP contribution in [-0.4, -0.2) is 42.7 Å². The predicted molar refractivity (Wildman–Crippen MR) is 84.9 cm³/mol. The minimum atomic E-state index is 0.351. The second-order valence-corrected chi connectivity index (χ2v) is 7.03. The summed E-state index contributed by atoms with van der Waals surface area (Å²) < 4.78 is 6.17. The predicted octanol–water partition coefficient (Wildman–Crippen LogP) is 2.51. The van der Waals surface area contributed by atoms with Crippen molar-refractivity contribution in [2.24, 2.45) is 0 Å². The molecule has 1 aromatic rings. The molecule has 114 valence electrons. The molecule has 0 aromatic heterocycles. The van der Waals surface area contributed by atoms with Crippen molar-refractivity contribution in [3.63, 3.8) is 0 Å². The van der Waals surface area contributed by atoms with E-state index in [0.717, 1.165) is 24.8 Å². The Labute approximate surface area is 127 Å². The number of hydrogen-bond acceptors (Lipinski definition) is 3. The maximum absolute atomic E-state index is 6.17. The van der Waals surface area contributed by atoms with E-state index in [9.17, 15) is 0 Å². The van der Waals surface area contributed by atoms with Gasteiger partial charge in [0.2, 0.25) is 0 Å². The molecule has 2 aliphatic heterocycles. The van der Waals surface area contributed by atoms with E-state index in [1.54, 1.807) is 0 Å². The molecule has 1 saturated heterocycles. The summed E-state index contributed by atoms with van der Waals surface area (Å²) in [5, 5.41) is 3.64. The molecule has 3 heteroatoms. The van der Waals surface area contributed by atoms with Crippen LogP contribution in [0.1, 0.15) is 36.8 Å². The minimum Gasteiger partial charge on any atom is -0.488 e. The molecule has 1 saturated carbocycles. The van der Waals surface area contributed by atoms with E-state index in [4.69, 9.17) is 4.74 Å². The van der Waals surface area contributed by atoms with E-state index in [2.05, 4.69) is 35.3 Å². The number of fused-ring (bicyclic) bond motifs is 1. The molecule has 2 heterocycles. The summed E-state index contributed by atoms with van der Waals surface area (Å²) in [5.41, 5.74) is 2.74. The van der Waals surface area contributed by atoms with Crippen molar-refractivity contribution < 1.29 is 4.74 Å². The van der Waals surface area contributed by atoms with Gasteiger partial charge >= 0.3 is 0 Å². The Hall–Kier alpha value is -1.06. The van der Waals surface area contributed by atoms with E-state index >= 15 is 0 Å². The van der Waals surface area contributed by atoms with Gasteiger partial charge in [0.25, 0.3) is 0 Å². The zero-order valence-electron chi connectivity index (χ0n) is 13.0. The van der Waals surface area contributed by atoms with Gasteiger partial charge in [0.05, 0.1) is 0 Å². The van der Waals surface area contributed by atoms with Crippen LogP contribution in [0.15, 0.2) is 18.2 Å². The number of rotatable bonds is 5. The molecular weight excluding hydrogens is 260 g/mol. The lowest BCUT2D eigenvalue weighted by molar-refractivity contribution is 0.137. The summed E-state index contributed by atoms with van der Waals surface area (Å²) in [6.45, 7) is 5.67. The molecule has 2 atom stereocenters. The van der Waals surface area contributed by atoms with E-state index < -0.39 is 0 Å². The van der Waals surface area contributed by atoms with E-state index in [1.807, 2.05) is 0 Å². The van der Waals surface area contributed by atoms with Gasteiger partial charge in [-0.25, -0.2) is 0 Å². The fraction of sp³-hybridized carbons (Fsp3) is 0.667. The molecular formula is C18H26N2O. The Kier molecular flexibility index (Phi) is 3.64. The number of nitrogens with zero attached hydrogens (tertiary/aromatic N) is 1. The Balaban J connectivity index is 1.38. The second kappa shape index (κ2) is 5.62. The topological polar surface area (TPSA) is 24.5 Å². The monoisotopic (exact) mass is 286 g/mol. The van der Waals surface area contributed by atoms with Crippen LogP contribution >= 0.6 is 0 Å². The third-order valence-electron chi connectivity index (χ3n) is 5.08. The summed E-state index contributed by atoms with van der Waals surface area (Å²) in [6.07, 6.45) is 6.88. The van der Waals surface area contributed by atoms with Gasteiger partial charge in [-0.1, -0.05) is 17.7 Å². The van der Waals surface area contributed by atoms with E-state index in [1.165, 1.54) is 49.9 Å². The zero-order valence-corrected chi connectivity index (χ0v) is 13.0. The Morgan fingerprint density at radius 2 is 2.14 bits per heavy atom. The third kappa shape index (κ3) is 3.09. The lowest BCUT2D eigenvalue weighted by Crippen LogP contribution is -2.43. The molecule has 1 N–H and O–H groups in total. The van der Waals surface area contributed by atoms with Crippen LogP contribution in [-0.2, 0) is 6.42 Å². The van der Waals surface area contributed by atoms with Crippen LogP contribution in [0, 0.1) is 6.92 Å². The SMILES string of the molecule is Cc1ccc2c(c1)CC(CN(CC1CCCN1)C1CC1)O2. The van der Waals surface area contributed by atoms with Gasteiger partial charge in [-0.05, 0) is 50.8 Å². The van der Waals surface area contributed by atoms with Crippen molar-refractivity contribution in [1.29, 1.82) is 0 Å². The van der Waals surface area contributed by atoms with Gasteiger partial charge in [0.15, 0.2) is 0 Å². The normalized spacial score (nSPS) is 27.9. The maximum atomic E-state index is 6.17. The van der Waals surface area contributed by atoms with Gasteiger partial charge in [-0.15, -0.1) is 0 Å². The van der Waals surface area contributed by atoms with Gasteiger partial charge in [0.1, 0.15) is 11.9 Å². The zero-order chi connectivity index (χ0) is 14.2. The van der Waals surface area contributed by atoms with Gasteiger partial charge in [-0.3, -0.25) is 4.90 Å². The second-order valence-electron chi connectivity index (χ2n) is 7.03. The number of hydrogen-bond donors (Lipinski definition) is 1. The average molecular weight is 286 g/mol. The Morgan fingerprint density at radius 3 is 2.90 bits per heavy atom. The highest BCUT2D eigenvalue weighted by molar-refractivity contribution is 5.40. The van der Waals surface area contributed by atoms with E-state index in [0.29, 0.717) is 12.1 Å². The lowest BCUT2D eigenvalue weighted by Gasteiger charge is -2.27. The molecule has 0 radical (unpaired) electrons. The van der Waals surface area contributed by atoms with Crippen LogP contribution < -0.4 is 10.1 Å². The fourth-order valence-electron chi connectivity index (χ4n) is 3.82. The summed E-state index contributed by atoms with van der Waals surface area (Å²) in [7, 11) is 0. The van der Waals surface area contributed by atoms with Gasteiger partial charge in [-0.2, -0.15) is 0 Å². The molecule has 0 bridgehead atoms. The molecule has 0 spiro atoms. The molecule has 2 fully saturated rings. The highest BCUT2D eigenvalue weighted by Crippen LogP contribution is 2.33. The van der Waals surface area contributed by atoms with Crippen molar-refractivity contribution in [2.75, 3.05) is 19.6 Å². The first-order valence-electron chi connectivity index (χ1n) is 8.51. The summed E-state index contributed by atoms with van der Waals surface area (Å²) in [4.78, 5) is 2.69. The largest absolute Gasteiger partial charge is 0.488 e. The third-order valence-corrected chi connectivity index (χ3v) is 5.08. The van der Waals surface area contributed by atoms with Crippen molar-refractivity contribution in [3.05, 3.63) is 29.3 Å². The van der Waals surface area contributed by atoms with Crippen LogP contribution in [0.2, 0.25) is 0 Å². The first-order valence-corrected chi connectivity index (χ1v) is 8.51. The molecule has 21 heavy (non-hydrogen) atoms. The van der Waals surface area contributed by atoms with Crippen molar-refractivity contribution in [3.8, 4) is 5.75 Å². The van der Waals surface area contributed by atoms with Gasteiger partial charge in [0, 0.05) is 31.6 Å². The van der Waals surface area contributed by atoms with Crippen LogP contribution in [0.25, 0.3) is 0 Å². The molecule has 4 rings (SSSR count). The smallest absolute Gasteiger partial charge is 0.123 e. The number of ether oxygens (including phenoxy) is 1. The highest BCUT2D eigenvalue weighted by Gasteiger charge is 2.34. The molecule has 0 amide bonds.